The van der Waals surface area contributed by atoms with Crippen LogP contribution in [0.4, 0.5) is 5.82 Å². The first kappa shape index (κ1) is 20.6. The van der Waals surface area contributed by atoms with Crippen molar-refractivity contribution in [2.24, 2.45) is 0 Å². The minimum atomic E-state index is 0.489. The van der Waals surface area contributed by atoms with Gasteiger partial charge in [-0.3, -0.25) is 0 Å². The number of nitrogens with zero attached hydrogens (tertiary/aromatic N) is 6. The van der Waals surface area contributed by atoms with Gasteiger partial charge in [0.15, 0.2) is 0 Å². The minimum Gasteiger partial charge on any atom is -0.493 e. The number of hydrogen-bond acceptors (Lipinski definition) is 7. The van der Waals surface area contributed by atoms with E-state index in [0.29, 0.717) is 18.2 Å². The standard InChI is InChI=1S/C24H24N8O/c1-3-33-22-13-17(8-9-19(22)24-28-30-31-29-24)20-14-23(27-15-26-20)25-10-11-32-16(2)12-18-6-4-5-7-21(18)32/h4-9,12-15H,3,10-11H2,1-2H3,(H,25,26,27)(H,28,29,30,31). The Bertz CT molecular complexity index is 1380. The molecule has 0 radical (unpaired) electrons. The maximum atomic E-state index is 5.82. The summed E-state index contributed by atoms with van der Waals surface area (Å²) in [5, 5.41) is 18.9. The van der Waals surface area contributed by atoms with Crippen molar-refractivity contribution in [3.05, 3.63) is 66.6 Å². The van der Waals surface area contributed by atoms with Gasteiger partial charge >= 0.3 is 0 Å². The number of anilines is 1. The van der Waals surface area contributed by atoms with Gasteiger partial charge in [-0.25, -0.2) is 9.97 Å². The summed E-state index contributed by atoms with van der Waals surface area (Å²) in [6, 6.07) is 18.4. The van der Waals surface area contributed by atoms with Crippen LogP contribution < -0.4 is 10.1 Å². The number of H-pyrrole nitrogens is 1. The fraction of sp³-hybridized carbons (Fsp3) is 0.208. The Hall–Kier alpha value is -4.27. The molecule has 0 spiro atoms. The molecule has 33 heavy (non-hydrogen) atoms. The average Bonchev–Trinajstić information content (AvgIpc) is 3.48. The number of aromatic nitrogens is 7. The van der Waals surface area contributed by atoms with Crippen molar-refractivity contribution in [3.8, 4) is 28.4 Å². The Balaban J connectivity index is 1.34. The number of aromatic amines is 1. The van der Waals surface area contributed by atoms with E-state index in [1.165, 1.54) is 16.6 Å². The molecule has 0 amide bonds. The van der Waals surface area contributed by atoms with E-state index < -0.39 is 0 Å². The number of nitrogens with one attached hydrogen (secondary N) is 2. The summed E-state index contributed by atoms with van der Waals surface area (Å²) < 4.78 is 8.14. The number of aryl methyl sites for hydroxylation is 1. The van der Waals surface area contributed by atoms with Crippen molar-refractivity contribution in [2.45, 2.75) is 20.4 Å². The third-order valence-electron chi connectivity index (χ3n) is 5.49. The van der Waals surface area contributed by atoms with Crippen molar-refractivity contribution in [2.75, 3.05) is 18.5 Å². The van der Waals surface area contributed by atoms with Crippen LogP contribution in [-0.2, 0) is 6.54 Å². The molecule has 5 aromatic rings. The van der Waals surface area contributed by atoms with Gasteiger partial charge in [0.05, 0.1) is 17.9 Å². The smallest absolute Gasteiger partial charge is 0.208 e. The van der Waals surface area contributed by atoms with E-state index >= 15 is 0 Å². The predicted octanol–water partition coefficient (Wildman–Crippen LogP) is 4.10. The molecule has 0 unspecified atom stereocenters. The van der Waals surface area contributed by atoms with Crippen molar-refractivity contribution >= 4 is 16.7 Å². The monoisotopic (exact) mass is 440 g/mol. The summed E-state index contributed by atoms with van der Waals surface area (Å²) in [5.74, 6) is 1.94. The summed E-state index contributed by atoms with van der Waals surface area (Å²) in [7, 11) is 0. The maximum absolute atomic E-state index is 5.82. The molecular formula is C24H24N8O. The van der Waals surface area contributed by atoms with Crippen LogP contribution in [0.25, 0.3) is 33.5 Å². The van der Waals surface area contributed by atoms with Gasteiger partial charge in [0.25, 0.3) is 0 Å². The molecule has 0 aliphatic carbocycles. The Labute approximate surface area is 190 Å². The molecule has 0 bridgehead atoms. The molecule has 2 aromatic carbocycles. The summed E-state index contributed by atoms with van der Waals surface area (Å²) >= 11 is 0. The largest absolute Gasteiger partial charge is 0.493 e. The third kappa shape index (κ3) is 4.25. The van der Waals surface area contributed by atoms with Crippen LogP contribution in [0, 0.1) is 6.92 Å². The van der Waals surface area contributed by atoms with Crippen molar-refractivity contribution < 1.29 is 4.74 Å². The zero-order chi connectivity index (χ0) is 22.6. The van der Waals surface area contributed by atoms with Crippen LogP contribution in [0.5, 0.6) is 5.75 Å². The van der Waals surface area contributed by atoms with E-state index in [2.05, 4.69) is 77.7 Å². The van der Waals surface area contributed by atoms with Crippen LogP contribution in [0.3, 0.4) is 0 Å². The van der Waals surface area contributed by atoms with Gasteiger partial charge < -0.3 is 14.6 Å². The van der Waals surface area contributed by atoms with Crippen molar-refractivity contribution in [3.63, 3.8) is 0 Å². The summed E-state index contributed by atoms with van der Waals surface area (Å²) in [6.45, 7) is 6.19. The molecule has 9 heteroatoms. The molecule has 0 aliphatic rings. The zero-order valence-corrected chi connectivity index (χ0v) is 18.5. The molecule has 0 saturated heterocycles. The lowest BCUT2D eigenvalue weighted by Gasteiger charge is -2.12. The van der Waals surface area contributed by atoms with Gasteiger partial charge in [0.2, 0.25) is 5.82 Å². The van der Waals surface area contributed by atoms with E-state index in [9.17, 15) is 0 Å². The topological polar surface area (TPSA) is 106 Å². The highest BCUT2D eigenvalue weighted by Gasteiger charge is 2.13. The zero-order valence-electron chi connectivity index (χ0n) is 18.5. The molecule has 0 saturated carbocycles. The number of ether oxygens (including phenoxy) is 1. The minimum absolute atomic E-state index is 0.489. The third-order valence-corrected chi connectivity index (χ3v) is 5.49. The summed E-state index contributed by atoms with van der Waals surface area (Å²) in [4.78, 5) is 8.84. The number of benzene rings is 2. The van der Waals surface area contributed by atoms with Gasteiger partial charge in [0.1, 0.15) is 17.9 Å². The van der Waals surface area contributed by atoms with Gasteiger partial charge in [0, 0.05) is 35.9 Å². The van der Waals surface area contributed by atoms with E-state index in [4.69, 9.17) is 4.74 Å². The molecule has 3 heterocycles. The number of tetrazole rings is 1. The second-order valence-corrected chi connectivity index (χ2v) is 7.59. The molecular weight excluding hydrogens is 416 g/mol. The Morgan fingerprint density at radius 2 is 1.97 bits per heavy atom. The molecule has 0 fully saturated rings. The van der Waals surface area contributed by atoms with Crippen LogP contribution in [0.15, 0.2) is 60.9 Å². The number of fused-ring (bicyclic) bond motifs is 1. The van der Waals surface area contributed by atoms with Gasteiger partial charge in [-0.1, -0.05) is 24.3 Å². The predicted molar refractivity (Wildman–Crippen MR) is 127 cm³/mol. The Morgan fingerprint density at radius 1 is 1.06 bits per heavy atom. The molecule has 9 nitrogen and oxygen atoms in total. The van der Waals surface area contributed by atoms with E-state index in [1.807, 2.05) is 31.2 Å². The normalized spacial score (nSPS) is 11.1. The lowest BCUT2D eigenvalue weighted by molar-refractivity contribution is 0.341. The highest BCUT2D eigenvalue weighted by atomic mass is 16.5. The van der Waals surface area contributed by atoms with E-state index in [1.54, 1.807) is 6.33 Å². The van der Waals surface area contributed by atoms with Gasteiger partial charge in [-0.15, -0.1) is 10.2 Å². The molecule has 0 atom stereocenters. The summed E-state index contributed by atoms with van der Waals surface area (Å²) in [5.41, 5.74) is 4.98. The summed E-state index contributed by atoms with van der Waals surface area (Å²) in [6.07, 6.45) is 1.57. The van der Waals surface area contributed by atoms with Crippen LogP contribution in [0.1, 0.15) is 12.6 Å². The number of rotatable bonds is 8. The first-order chi connectivity index (χ1) is 16.2. The number of hydrogen-bond donors (Lipinski definition) is 2. The quantitative estimate of drug-likeness (QED) is 0.374. The fourth-order valence-corrected chi connectivity index (χ4v) is 3.97. The van der Waals surface area contributed by atoms with Crippen molar-refractivity contribution in [1.29, 1.82) is 0 Å². The lowest BCUT2D eigenvalue weighted by Crippen LogP contribution is -2.12. The number of para-hydroxylation sites is 1. The van der Waals surface area contributed by atoms with Crippen LogP contribution in [-0.4, -0.2) is 48.3 Å². The molecule has 166 valence electrons. The van der Waals surface area contributed by atoms with Crippen LogP contribution >= 0.6 is 0 Å². The van der Waals surface area contributed by atoms with Gasteiger partial charge in [-0.2, -0.15) is 5.21 Å². The average molecular weight is 441 g/mol. The maximum Gasteiger partial charge on any atom is 0.208 e. The molecule has 5 rings (SSSR count). The first-order valence-corrected chi connectivity index (χ1v) is 10.8. The van der Waals surface area contributed by atoms with E-state index in [-0.39, 0.29) is 0 Å². The van der Waals surface area contributed by atoms with Crippen molar-refractivity contribution in [1.82, 2.24) is 35.2 Å². The van der Waals surface area contributed by atoms with E-state index in [0.717, 1.165) is 35.7 Å². The fourth-order valence-electron chi connectivity index (χ4n) is 3.97. The highest BCUT2D eigenvalue weighted by Crippen LogP contribution is 2.32. The second-order valence-electron chi connectivity index (χ2n) is 7.59. The van der Waals surface area contributed by atoms with Gasteiger partial charge in [-0.05, 0) is 48.7 Å². The SMILES string of the molecule is CCOc1cc(-c2cc(NCCn3c(C)cc4ccccc43)ncn2)ccc1-c1nn[nH]n1. The van der Waals surface area contributed by atoms with Crippen LogP contribution in [0.2, 0.25) is 0 Å². The first-order valence-electron chi connectivity index (χ1n) is 10.8. The highest BCUT2D eigenvalue weighted by molar-refractivity contribution is 5.81. The molecule has 3 aromatic heterocycles. The molecule has 2 N–H and O–H groups in total. The Kier molecular flexibility index (Phi) is 5.67. The second kappa shape index (κ2) is 9.07. The molecule has 0 aliphatic heterocycles. The Morgan fingerprint density at radius 3 is 2.82 bits per heavy atom. The lowest BCUT2D eigenvalue weighted by atomic mass is 10.1.